The molecular weight excluding hydrogens is 412 g/mol. The van der Waals surface area contributed by atoms with Crippen LogP contribution in [0.25, 0.3) is 0 Å². The van der Waals surface area contributed by atoms with E-state index in [1.807, 2.05) is 32.0 Å². The van der Waals surface area contributed by atoms with E-state index in [9.17, 15) is 13.2 Å². The average Bonchev–Trinajstić information content (AvgIpc) is 2.65. The summed E-state index contributed by atoms with van der Waals surface area (Å²) in [5.41, 5.74) is 2.77. The van der Waals surface area contributed by atoms with Gasteiger partial charge in [0.1, 0.15) is 12.4 Å². The van der Waals surface area contributed by atoms with E-state index < -0.39 is 10.0 Å². The lowest BCUT2D eigenvalue weighted by atomic mass is 10.1. The van der Waals surface area contributed by atoms with Crippen LogP contribution in [0.3, 0.4) is 0 Å². The molecule has 0 aliphatic rings. The Hall–Kier alpha value is -2.25. The molecule has 1 amide bonds. The maximum atomic E-state index is 12.1. The topological polar surface area (TPSA) is 75.7 Å². The Labute approximate surface area is 177 Å². The third-order valence-corrected chi connectivity index (χ3v) is 5.96. The summed E-state index contributed by atoms with van der Waals surface area (Å²) in [6.45, 7) is 4.99. The third-order valence-electron chi connectivity index (χ3n) is 4.52. The number of ether oxygens (including phenoxy) is 1. The van der Waals surface area contributed by atoms with Crippen molar-refractivity contribution in [2.24, 2.45) is 0 Å². The summed E-state index contributed by atoms with van der Waals surface area (Å²) in [6.07, 6.45) is 1.77. The highest BCUT2D eigenvalue weighted by atomic mass is 35.5. The van der Waals surface area contributed by atoms with Crippen LogP contribution in [0.5, 0.6) is 5.75 Å². The van der Waals surface area contributed by atoms with Gasteiger partial charge in [-0.15, -0.1) is 0 Å². The first-order valence-electron chi connectivity index (χ1n) is 9.37. The number of hydrogen-bond donors (Lipinski definition) is 1. The average molecular weight is 439 g/mol. The predicted octanol–water partition coefficient (Wildman–Crippen LogP) is 3.70. The smallest absolute Gasteiger partial charge is 0.232 e. The Morgan fingerprint density at radius 2 is 1.83 bits per heavy atom. The van der Waals surface area contributed by atoms with Crippen LogP contribution in [0.15, 0.2) is 42.5 Å². The molecule has 0 radical (unpaired) electrons. The quantitative estimate of drug-likeness (QED) is 0.574. The van der Waals surface area contributed by atoms with E-state index in [-0.39, 0.29) is 18.9 Å². The van der Waals surface area contributed by atoms with Gasteiger partial charge in [0, 0.05) is 18.0 Å². The molecule has 1 N–H and O–H groups in total. The molecule has 6 nitrogen and oxygen atoms in total. The molecule has 0 unspecified atom stereocenters. The van der Waals surface area contributed by atoms with Crippen LogP contribution < -0.4 is 14.4 Å². The summed E-state index contributed by atoms with van der Waals surface area (Å²) in [5, 5.41) is 3.33. The fourth-order valence-electron chi connectivity index (χ4n) is 2.80. The number of rotatable bonds is 10. The van der Waals surface area contributed by atoms with Gasteiger partial charge in [0.15, 0.2) is 0 Å². The van der Waals surface area contributed by atoms with Crippen LogP contribution in [-0.2, 0) is 14.8 Å². The van der Waals surface area contributed by atoms with Crippen LogP contribution in [0, 0.1) is 13.8 Å². The molecule has 8 heteroatoms. The summed E-state index contributed by atoms with van der Waals surface area (Å²) in [7, 11) is -3.45. The van der Waals surface area contributed by atoms with Gasteiger partial charge in [0.05, 0.1) is 18.5 Å². The van der Waals surface area contributed by atoms with Gasteiger partial charge >= 0.3 is 0 Å². The lowest BCUT2D eigenvalue weighted by Gasteiger charge is -2.22. The van der Waals surface area contributed by atoms with Crippen LogP contribution in [0.2, 0.25) is 5.02 Å². The number of benzene rings is 2. The van der Waals surface area contributed by atoms with Crippen molar-refractivity contribution in [3.8, 4) is 5.75 Å². The molecule has 0 aromatic heterocycles. The number of carbonyl (C=O) groups is 1. The molecule has 0 spiro atoms. The molecule has 0 aliphatic carbocycles. The normalized spacial score (nSPS) is 11.2. The molecule has 0 atom stereocenters. The molecule has 0 fully saturated rings. The highest BCUT2D eigenvalue weighted by Gasteiger charge is 2.17. The Bertz CT molecular complexity index is 930. The van der Waals surface area contributed by atoms with E-state index in [0.717, 1.165) is 23.1 Å². The molecule has 2 aromatic carbocycles. The van der Waals surface area contributed by atoms with Gasteiger partial charge < -0.3 is 10.1 Å². The molecule has 0 heterocycles. The number of hydrogen-bond acceptors (Lipinski definition) is 4. The van der Waals surface area contributed by atoms with Crippen molar-refractivity contribution >= 4 is 33.2 Å². The zero-order valence-corrected chi connectivity index (χ0v) is 18.5. The van der Waals surface area contributed by atoms with E-state index in [1.54, 1.807) is 24.3 Å². The molecule has 0 saturated heterocycles. The van der Waals surface area contributed by atoms with Crippen molar-refractivity contribution in [1.82, 2.24) is 5.32 Å². The summed E-state index contributed by atoms with van der Waals surface area (Å²) in [5.74, 6) is 0.671. The highest BCUT2D eigenvalue weighted by Crippen LogP contribution is 2.21. The van der Waals surface area contributed by atoms with E-state index in [1.165, 1.54) is 4.31 Å². The van der Waals surface area contributed by atoms with Crippen molar-refractivity contribution in [3.05, 3.63) is 58.6 Å². The van der Waals surface area contributed by atoms with Gasteiger partial charge in [-0.2, -0.15) is 0 Å². The Morgan fingerprint density at radius 3 is 2.48 bits per heavy atom. The van der Waals surface area contributed by atoms with Crippen LogP contribution in [0.4, 0.5) is 5.69 Å². The molecule has 2 aromatic rings. The van der Waals surface area contributed by atoms with Crippen molar-refractivity contribution < 1.29 is 17.9 Å². The zero-order chi connectivity index (χ0) is 21.4. The summed E-state index contributed by atoms with van der Waals surface area (Å²) >= 11 is 5.86. The molecular formula is C21H27ClN2O4S. The third kappa shape index (κ3) is 7.25. The highest BCUT2D eigenvalue weighted by molar-refractivity contribution is 7.92. The molecule has 158 valence electrons. The minimum absolute atomic E-state index is 0.140. The van der Waals surface area contributed by atoms with Gasteiger partial charge in [-0.1, -0.05) is 23.7 Å². The second-order valence-corrected chi connectivity index (χ2v) is 9.15. The lowest BCUT2D eigenvalue weighted by Crippen LogP contribution is -2.32. The SMILES string of the molecule is Cc1cccc(OCCNC(=O)CCCN(c2ccc(Cl)cc2)S(C)(=O)=O)c1C. The first kappa shape index (κ1) is 23.0. The second-order valence-electron chi connectivity index (χ2n) is 6.81. The van der Waals surface area contributed by atoms with Gasteiger partial charge in [-0.3, -0.25) is 9.10 Å². The van der Waals surface area contributed by atoms with Crippen LogP contribution in [-0.4, -0.2) is 40.3 Å². The molecule has 0 saturated carbocycles. The van der Waals surface area contributed by atoms with Crippen molar-refractivity contribution in [1.29, 1.82) is 0 Å². The minimum atomic E-state index is -3.45. The number of aryl methyl sites for hydroxylation is 1. The summed E-state index contributed by atoms with van der Waals surface area (Å²) < 4.78 is 31.1. The largest absolute Gasteiger partial charge is 0.491 e. The summed E-state index contributed by atoms with van der Waals surface area (Å²) in [6, 6.07) is 12.4. The van der Waals surface area contributed by atoms with Gasteiger partial charge in [0.25, 0.3) is 0 Å². The minimum Gasteiger partial charge on any atom is -0.491 e. The number of nitrogens with zero attached hydrogens (tertiary/aromatic N) is 1. The standard InChI is InChI=1S/C21H27ClN2O4S/c1-16-6-4-7-20(17(16)2)28-15-13-23-21(25)8-5-14-24(29(3,26)27)19-11-9-18(22)10-12-19/h4,6-7,9-12H,5,8,13-15H2,1-3H3,(H,23,25). The Morgan fingerprint density at radius 1 is 1.14 bits per heavy atom. The zero-order valence-electron chi connectivity index (χ0n) is 16.9. The Balaban J connectivity index is 1.76. The van der Waals surface area contributed by atoms with Crippen molar-refractivity contribution in [2.45, 2.75) is 26.7 Å². The maximum absolute atomic E-state index is 12.1. The van der Waals surface area contributed by atoms with Crippen LogP contribution >= 0.6 is 11.6 Å². The van der Waals surface area contributed by atoms with Crippen molar-refractivity contribution in [3.63, 3.8) is 0 Å². The Kier molecular flexibility index (Phi) is 8.34. The fourth-order valence-corrected chi connectivity index (χ4v) is 3.89. The maximum Gasteiger partial charge on any atom is 0.232 e. The first-order chi connectivity index (χ1) is 13.7. The van der Waals surface area contributed by atoms with E-state index >= 15 is 0 Å². The fraction of sp³-hybridized carbons (Fsp3) is 0.381. The lowest BCUT2D eigenvalue weighted by molar-refractivity contribution is -0.121. The van der Waals surface area contributed by atoms with E-state index in [0.29, 0.717) is 30.3 Å². The first-order valence-corrected chi connectivity index (χ1v) is 11.6. The number of anilines is 1. The molecule has 2 rings (SSSR count). The number of halogens is 1. The van der Waals surface area contributed by atoms with E-state index in [2.05, 4.69) is 5.32 Å². The number of amides is 1. The molecule has 29 heavy (non-hydrogen) atoms. The van der Waals surface area contributed by atoms with Crippen molar-refractivity contribution in [2.75, 3.05) is 30.3 Å². The second kappa shape index (κ2) is 10.5. The summed E-state index contributed by atoms with van der Waals surface area (Å²) in [4.78, 5) is 12.0. The number of carbonyl (C=O) groups excluding carboxylic acids is 1. The van der Waals surface area contributed by atoms with Gasteiger partial charge in [-0.05, 0) is 61.7 Å². The van der Waals surface area contributed by atoms with E-state index in [4.69, 9.17) is 16.3 Å². The van der Waals surface area contributed by atoms with Gasteiger partial charge in [0.2, 0.25) is 15.9 Å². The molecule has 0 aliphatic heterocycles. The monoisotopic (exact) mass is 438 g/mol. The molecule has 0 bridgehead atoms. The number of nitrogens with one attached hydrogen (secondary N) is 1. The van der Waals surface area contributed by atoms with Crippen LogP contribution in [0.1, 0.15) is 24.0 Å². The van der Waals surface area contributed by atoms with Gasteiger partial charge in [-0.25, -0.2) is 8.42 Å². The number of sulfonamides is 1. The predicted molar refractivity (Wildman–Crippen MR) is 117 cm³/mol.